The molecule has 0 aliphatic carbocycles. The first-order valence-electron chi connectivity index (χ1n) is 7.01. The molecule has 0 atom stereocenters. The molecule has 0 unspecified atom stereocenters. The molecule has 0 bridgehead atoms. The third-order valence-corrected chi connectivity index (χ3v) is 3.33. The van der Waals surface area contributed by atoms with E-state index in [1.165, 1.54) is 0 Å². The molecule has 2 amide bonds. The molecule has 1 aliphatic rings. The molecule has 20 heavy (non-hydrogen) atoms. The van der Waals surface area contributed by atoms with Crippen LogP contribution in [-0.4, -0.2) is 23.9 Å². The zero-order chi connectivity index (χ0) is 14.9. The topological polar surface area (TPSA) is 49.4 Å². The van der Waals surface area contributed by atoms with Crippen LogP contribution in [0.5, 0.6) is 0 Å². The maximum absolute atomic E-state index is 12.3. The SMILES string of the molecule is CC(=O)c1ccc2c(c1)CCCN2C(=O)NC(C)(C)C. The summed E-state index contributed by atoms with van der Waals surface area (Å²) in [6, 6.07) is 5.51. The van der Waals surface area contributed by atoms with E-state index < -0.39 is 0 Å². The van der Waals surface area contributed by atoms with Gasteiger partial charge >= 0.3 is 6.03 Å². The summed E-state index contributed by atoms with van der Waals surface area (Å²) in [6.45, 7) is 8.18. The molecule has 0 aromatic heterocycles. The first-order chi connectivity index (χ1) is 9.28. The van der Waals surface area contributed by atoms with Gasteiger partial charge in [-0.05, 0) is 64.3 Å². The second kappa shape index (κ2) is 5.27. The number of urea groups is 1. The number of hydrogen-bond acceptors (Lipinski definition) is 2. The summed E-state index contributed by atoms with van der Waals surface area (Å²) in [5.74, 6) is 0.0593. The first-order valence-corrected chi connectivity index (χ1v) is 7.01. The van der Waals surface area contributed by atoms with Crippen LogP contribution in [0.25, 0.3) is 0 Å². The lowest BCUT2D eigenvalue weighted by molar-refractivity contribution is 0.101. The summed E-state index contributed by atoms with van der Waals surface area (Å²) in [7, 11) is 0. The van der Waals surface area contributed by atoms with Crippen LogP contribution in [0.4, 0.5) is 10.5 Å². The van der Waals surface area contributed by atoms with Crippen LogP contribution in [0, 0.1) is 0 Å². The normalized spacial score (nSPS) is 14.7. The number of hydrogen-bond donors (Lipinski definition) is 1. The van der Waals surface area contributed by atoms with E-state index in [1.807, 2.05) is 32.9 Å². The second-order valence-corrected chi connectivity index (χ2v) is 6.34. The third-order valence-electron chi connectivity index (χ3n) is 3.33. The fourth-order valence-corrected chi connectivity index (χ4v) is 2.42. The van der Waals surface area contributed by atoms with E-state index in [2.05, 4.69) is 5.32 Å². The summed E-state index contributed by atoms with van der Waals surface area (Å²) in [5.41, 5.74) is 2.45. The standard InChI is InChI=1S/C16H22N2O2/c1-11(19)12-7-8-14-13(10-12)6-5-9-18(14)15(20)17-16(2,3)4/h7-8,10H,5-6,9H2,1-4H3,(H,17,20). The van der Waals surface area contributed by atoms with Crippen LogP contribution >= 0.6 is 0 Å². The summed E-state index contributed by atoms with van der Waals surface area (Å²) in [4.78, 5) is 25.6. The number of nitrogens with one attached hydrogen (secondary N) is 1. The molecule has 1 aromatic rings. The highest BCUT2D eigenvalue weighted by atomic mass is 16.2. The van der Waals surface area contributed by atoms with Crippen LogP contribution in [-0.2, 0) is 6.42 Å². The maximum Gasteiger partial charge on any atom is 0.322 e. The average molecular weight is 274 g/mol. The van der Waals surface area contributed by atoms with Crippen LogP contribution in [0.3, 0.4) is 0 Å². The third kappa shape index (κ3) is 3.18. The number of carbonyl (C=O) groups excluding carboxylic acids is 2. The summed E-state index contributed by atoms with van der Waals surface area (Å²) in [5, 5.41) is 2.99. The Bertz CT molecular complexity index is 544. The molecular weight excluding hydrogens is 252 g/mol. The fraction of sp³-hybridized carbons (Fsp3) is 0.500. The van der Waals surface area contributed by atoms with Gasteiger partial charge in [-0.25, -0.2) is 4.79 Å². The van der Waals surface area contributed by atoms with Crippen molar-refractivity contribution in [1.82, 2.24) is 5.32 Å². The van der Waals surface area contributed by atoms with Gasteiger partial charge in [0, 0.05) is 23.3 Å². The number of rotatable bonds is 1. The van der Waals surface area contributed by atoms with Crippen LogP contribution < -0.4 is 10.2 Å². The Balaban J connectivity index is 2.29. The Morgan fingerprint density at radius 3 is 2.55 bits per heavy atom. The van der Waals surface area contributed by atoms with Gasteiger partial charge in [0.05, 0.1) is 0 Å². The minimum absolute atomic E-state index is 0.0593. The highest BCUT2D eigenvalue weighted by Gasteiger charge is 2.25. The number of amides is 2. The van der Waals surface area contributed by atoms with Gasteiger partial charge in [0.25, 0.3) is 0 Å². The number of Topliss-reactive ketones (excluding diaryl/α,β-unsaturated/α-hetero) is 1. The number of carbonyl (C=O) groups is 2. The molecule has 0 radical (unpaired) electrons. The van der Waals surface area contributed by atoms with Gasteiger partial charge in [0.2, 0.25) is 0 Å². The van der Waals surface area contributed by atoms with Crippen molar-refractivity contribution in [3.05, 3.63) is 29.3 Å². The Morgan fingerprint density at radius 1 is 1.25 bits per heavy atom. The zero-order valence-corrected chi connectivity index (χ0v) is 12.6. The van der Waals surface area contributed by atoms with E-state index in [0.29, 0.717) is 12.1 Å². The summed E-state index contributed by atoms with van der Waals surface area (Å²) in [6.07, 6.45) is 1.83. The van der Waals surface area contributed by atoms with Gasteiger partial charge in [0.15, 0.2) is 5.78 Å². The number of fused-ring (bicyclic) bond motifs is 1. The van der Waals surface area contributed by atoms with E-state index in [1.54, 1.807) is 17.9 Å². The van der Waals surface area contributed by atoms with Crippen molar-refractivity contribution < 1.29 is 9.59 Å². The van der Waals surface area contributed by atoms with E-state index in [9.17, 15) is 9.59 Å². The zero-order valence-electron chi connectivity index (χ0n) is 12.6. The lowest BCUT2D eigenvalue weighted by Gasteiger charge is -2.32. The van der Waals surface area contributed by atoms with Crippen molar-refractivity contribution in [2.45, 2.75) is 46.1 Å². The first kappa shape index (κ1) is 14.6. The van der Waals surface area contributed by atoms with Crippen LogP contribution in [0.1, 0.15) is 50.0 Å². The van der Waals surface area contributed by atoms with Crippen LogP contribution in [0.2, 0.25) is 0 Å². The number of benzene rings is 1. The van der Waals surface area contributed by atoms with E-state index in [0.717, 1.165) is 24.1 Å². The molecular formula is C16H22N2O2. The molecule has 0 saturated heterocycles. The average Bonchev–Trinajstić information content (AvgIpc) is 2.35. The summed E-state index contributed by atoms with van der Waals surface area (Å²) >= 11 is 0. The summed E-state index contributed by atoms with van der Waals surface area (Å²) < 4.78 is 0. The van der Waals surface area contributed by atoms with E-state index in [-0.39, 0.29) is 17.4 Å². The number of aryl methyl sites for hydroxylation is 1. The molecule has 108 valence electrons. The van der Waals surface area contributed by atoms with E-state index in [4.69, 9.17) is 0 Å². The van der Waals surface area contributed by atoms with Crippen molar-refractivity contribution in [2.75, 3.05) is 11.4 Å². The number of nitrogens with zero attached hydrogens (tertiary/aromatic N) is 1. The Kier molecular flexibility index (Phi) is 3.84. The van der Waals surface area contributed by atoms with Gasteiger partial charge in [-0.1, -0.05) is 0 Å². The van der Waals surface area contributed by atoms with Crippen molar-refractivity contribution in [3.8, 4) is 0 Å². The van der Waals surface area contributed by atoms with Gasteiger partial charge < -0.3 is 5.32 Å². The molecule has 1 aliphatic heterocycles. The molecule has 2 rings (SSSR count). The van der Waals surface area contributed by atoms with Gasteiger partial charge in [-0.2, -0.15) is 0 Å². The molecule has 1 N–H and O–H groups in total. The smallest absolute Gasteiger partial charge is 0.322 e. The second-order valence-electron chi connectivity index (χ2n) is 6.34. The van der Waals surface area contributed by atoms with Gasteiger partial charge in [-0.3, -0.25) is 9.69 Å². The molecule has 0 spiro atoms. The minimum Gasteiger partial charge on any atom is -0.333 e. The Morgan fingerprint density at radius 2 is 1.95 bits per heavy atom. The monoisotopic (exact) mass is 274 g/mol. The molecule has 4 nitrogen and oxygen atoms in total. The molecule has 1 aromatic carbocycles. The fourth-order valence-electron chi connectivity index (χ4n) is 2.42. The quantitative estimate of drug-likeness (QED) is 0.800. The molecule has 4 heteroatoms. The molecule has 0 saturated carbocycles. The van der Waals surface area contributed by atoms with E-state index >= 15 is 0 Å². The van der Waals surface area contributed by atoms with Crippen LogP contribution in [0.15, 0.2) is 18.2 Å². The van der Waals surface area contributed by atoms with Gasteiger partial charge in [0.1, 0.15) is 0 Å². The Labute approximate surface area is 120 Å². The number of ketones is 1. The predicted molar refractivity (Wildman–Crippen MR) is 80.4 cm³/mol. The molecule has 0 fully saturated rings. The van der Waals surface area contributed by atoms with Crippen molar-refractivity contribution in [3.63, 3.8) is 0 Å². The minimum atomic E-state index is -0.256. The van der Waals surface area contributed by atoms with Crippen molar-refractivity contribution in [2.24, 2.45) is 0 Å². The predicted octanol–water partition coefficient (Wildman–Crippen LogP) is 3.15. The van der Waals surface area contributed by atoms with Gasteiger partial charge in [-0.15, -0.1) is 0 Å². The maximum atomic E-state index is 12.3. The lowest BCUT2D eigenvalue weighted by Crippen LogP contribution is -2.50. The highest BCUT2D eigenvalue weighted by Crippen LogP contribution is 2.28. The number of anilines is 1. The molecule has 1 heterocycles. The Hall–Kier alpha value is -1.84. The largest absolute Gasteiger partial charge is 0.333 e. The highest BCUT2D eigenvalue weighted by molar-refractivity contribution is 5.97. The van der Waals surface area contributed by atoms with Crippen molar-refractivity contribution >= 4 is 17.5 Å². The van der Waals surface area contributed by atoms with Crippen molar-refractivity contribution in [1.29, 1.82) is 0 Å². The lowest BCUT2D eigenvalue weighted by atomic mass is 9.98.